The number of rotatable bonds is 10. The minimum absolute atomic E-state index is 0.194. The van der Waals surface area contributed by atoms with Crippen LogP contribution in [0.15, 0.2) is 0 Å². The number of hydrogen-bond acceptors (Lipinski definition) is 5. The number of alkyl carbamates (subject to hydrolysis) is 1. The van der Waals surface area contributed by atoms with Crippen LogP contribution in [0.4, 0.5) is 4.79 Å². The van der Waals surface area contributed by atoms with Crippen molar-refractivity contribution in [3.05, 3.63) is 0 Å². The maximum absolute atomic E-state index is 12.0. The molecule has 0 aliphatic rings. The molecule has 1 atom stereocenters. The summed E-state index contributed by atoms with van der Waals surface area (Å²) in [4.78, 5) is 34.8. The van der Waals surface area contributed by atoms with Gasteiger partial charge in [0.1, 0.15) is 11.6 Å². The number of likely N-dealkylation sites (N-methyl/N-ethyl adjacent to an activating group) is 1. The molecule has 0 spiro atoms. The van der Waals surface area contributed by atoms with E-state index >= 15 is 0 Å². The number of amides is 3. The summed E-state index contributed by atoms with van der Waals surface area (Å²) in [6.07, 6.45) is 1.45. The molecular formula is C16H32N4O4. The lowest BCUT2D eigenvalue weighted by atomic mass is 10.1. The molecule has 0 bridgehead atoms. The Morgan fingerprint density at radius 3 is 2.21 bits per heavy atom. The van der Waals surface area contributed by atoms with Gasteiger partial charge in [-0.1, -0.05) is 0 Å². The SMILES string of the molecule is CNCCNC(=O)C(CCCCNC(=O)OC(C)(C)C)NC(C)=O. The van der Waals surface area contributed by atoms with Gasteiger partial charge >= 0.3 is 6.09 Å². The summed E-state index contributed by atoms with van der Waals surface area (Å²) >= 11 is 0. The van der Waals surface area contributed by atoms with Crippen molar-refractivity contribution < 1.29 is 19.1 Å². The van der Waals surface area contributed by atoms with Crippen LogP contribution in [0.25, 0.3) is 0 Å². The molecule has 0 aromatic heterocycles. The van der Waals surface area contributed by atoms with E-state index in [2.05, 4.69) is 21.3 Å². The van der Waals surface area contributed by atoms with Crippen molar-refractivity contribution in [2.24, 2.45) is 0 Å². The normalized spacial score (nSPS) is 12.2. The maximum Gasteiger partial charge on any atom is 0.407 e. The number of unbranched alkanes of at least 4 members (excludes halogenated alkanes) is 1. The van der Waals surface area contributed by atoms with Crippen molar-refractivity contribution in [1.82, 2.24) is 21.3 Å². The molecule has 24 heavy (non-hydrogen) atoms. The van der Waals surface area contributed by atoms with E-state index in [0.717, 1.165) is 0 Å². The van der Waals surface area contributed by atoms with Gasteiger partial charge in [0.15, 0.2) is 0 Å². The molecule has 0 aromatic rings. The van der Waals surface area contributed by atoms with Crippen LogP contribution in [-0.4, -0.2) is 56.2 Å². The van der Waals surface area contributed by atoms with E-state index in [1.54, 1.807) is 27.8 Å². The largest absolute Gasteiger partial charge is 0.444 e. The summed E-state index contributed by atoms with van der Waals surface area (Å²) in [6, 6.07) is -0.555. The van der Waals surface area contributed by atoms with Gasteiger partial charge in [0, 0.05) is 26.6 Å². The van der Waals surface area contributed by atoms with Crippen LogP contribution in [-0.2, 0) is 14.3 Å². The van der Waals surface area contributed by atoms with Gasteiger partial charge in [0.2, 0.25) is 11.8 Å². The van der Waals surface area contributed by atoms with Crippen LogP contribution in [0, 0.1) is 0 Å². The fraction of sp³-hybridized carbons (Fsp3) is 0.812. The molecule has 0 rings (SSSR count). The molecule has 0 aromatic carbocycles. The first-order valence-electron chi connectivity index (χ1n) is 8.32. The highest BCUT2D eigenvalue weighted by atomic mass is 16.6. The standard InChI is InChI=1S/C16H32N4O4/c1-12(21)20-13(14(22)18-11-10-17-5)8-6-7-9-19-15(23)24-16(2,3)4/h13,17H,6-11H2,1-5H3,(H,18,22)(H,19,23)(H,20,21). The highest BCUT2D eigenvalue weighted by Gasteiger charge is 2.19. The Hall–Kier alpha value is -1.83. The topological polar surface area (TPSA) is 109 Å². The Labute approximate surface area is 144 Å². The van der Waals surface area contributed by atoms with Crippen LogP contribution >= 0.6 is 0 Å². The summed E-state index contributed by atoms with van der Waals surface area (Å²) in [5.41, 5.74) is -0.522. The quantitative estimate of drug-likeness (QED) is 0.432. The lowest BCUT2D eigenvalue weighted by Gasteiger charge is -2.20. The third kappa shape index (κ3) is 12.7. The first-order chi connectivity index (χ1) is 11.2. The summed E-state index contributed by atoms with van der Waals surface area (Å²) in [5, 5.41) is 11.0. The molecule has 0 aliphatic carbocycles. The maximum atomic E-state index is 12.0. The summed E-state index contributed by atoms with van der Waals surface area (Å²) in [7, 11) is 1.80. The summed E-state index contributed by atoms with van der Waals surface area (Å²) < 4.78 is 5.13. The number of hydrogen-bond donors (Lipinski definition) is 4. The second-order valence-electron chi connectivity index (χ2n) is 6.57. The zero-order chi connectivity index (χ0) is 18.6. The Morgan fingerprint density at radius 1 is 1.00 bits per heavy atom. The molecule has 0 heterocycles. The molecule has 140 valence electrons. The molecule has 0 radical (unpaired) electrons. The Morgan fingerprint density at radius 2 is 1.67 bits per heavy atom. The van der Waals surface area contributed by atoms with Crippen molar-refractivity contribution in [3.63, 3.8) is 0 Å². The van der Waals surface area contributed by atoms with Gasteiger partial charge < -0.3 is 26.0 Å². The molecule has 0 aliphatic heterocycles. The van der Waals surface area contributed by atoms with Crippen molar-refractivity contribution in [2.45, 2.75) is 58.6 Å². The van der Waals surface area contributed by atoms with Crippen LogP contribution in [0.3, 0.4) is 0 Å². The molecule has 0 saturated heterocycles. The first-order valence-corrected chi connectivity index (χ1v) is 8.32. The zero-order valence-electron chi connectivity index (χ0n) is 15.5. The van der Waals surface area contributed by atoms with E-state index in [-0.39, 0.29) is 11.8 Å². The highest BCUT2D eigenvalue weighted by Crippen LogP contribution is 2.06. The van der Waals surface area contributed by atoms with Crippen LogP contribution in [0.5, 0.6) is 0 Å². The Bertz CT molecular complexity index is 407. The van der Waals surface area contributed by atoms with Gasteiger partial charge in [-0.2, -0.15) is 0 Å². The summed E-state index contributed by atoms with van der Waals surface area (Å²) in [5.74, 6) is -0.434. The van der Waals surface area contributed by atoms with E-state index in [1.807, 2.05) is 0 Å². The lowest BCUT2D eigenvalue weighted by Crippen LogP contribution is -2.47. The average Bonchev–Trinajstić information content (AvgIpc) is 2.43. The summed E-state index contributed by atoms with van der Waals surface area (Å²) in [6.45, 7) is 8.43. The monoisotopic (exact) mass is 344 g/mol. The van der Waals surface area contributed by atoms with Crippen molar-refractivity contribution in [3.8, 4) is 0 Å². The molecule has 8 nitrogen and oxygen atoms in total. The third-order valence-electron chi connectivity index (χ3n) is 2.96. The third-order valence-corrected chi connectivity index (χ3v) is 2.96. The lowest BCUT2D eigenvalue weighted by molar-refractivity contribution is -0.128. The number of nitrogens with one attached hydrogen (secondary N) is 4. The highest BCUT2D eigenvalue weighted by molar-refractivity contribution is 5.86. The molecule has 3 amide bonds. The number of ether oxygens (including phenoxy) is 1. The fourth-order valence-corrected chi connectivity index (χ4v) is 1.93. The Kier molecular flexibility index (Phi) is 10.8. The van der Waals surface area contributed by atoms with E-state index in [1.165, 1.54) is 6.92 Å². The van der Waals surface area contributed by atoms with Gasteiger partial charge in [-0.15, -0.1) is 0 Å². The average molecular weight is 344 g/mol. The van der Waals surface area contributed by atoms with E-state index in [4.69, 9.17) is 4.74 Å². The fourth-order valence-electron chi connectivity index (χ4n) is 1.93. The molecule has 0 saturated carbocycles. The van der Waals surface area contributed by atoms with Crippen LogP contribution in [0.1, 0.15) is 47.0 Å². The molecule has 4 N–H and O–H groups in total. The van der Waals surface area contributed by atoms with Gasteiger partial charge in [-0.3, -0.25) is 9.59 Å². The van der Waals surface area contributed by atoms with Gasteiger partial charge in [0.25, 0.3) is 0 Å². The van der Waals surface area contributed by atoms with Gasteiger partial charge in [0.05, 0.1) is 0 Å². The number of carbonyl (C=O) groups excluding carboxylic acids is 3. The first kappa shape index (κ1) is 22.2. The van der Waals surface area contributed by atoms with E-state index in [0.29, 0.717) is 38.9 Å². The smallest absolute Gasteiger partial charge is 0.407 e. The van der Waals surface area contributed by atoms with E-state index < -0.39 is 17.7 Å². The van der Waals surface area contributed by atoms with Crippen molar-refractivity contribution in [2.75, 3.05) is 26.7 Å². The molecule has 8 heteroatoms. The van der Waals surface area contributed by atoms with E-state index in [9.17, 15) is 14.4 Å². The molecule has 1 unspecified atom stereocenters. The number of carbonyl (C=O) groups is 3. The minimum atomic E-state index is -0.555. The zero-order valence-corrected chi connectivity index (χ0v) is 15.5. The minimum Gasteiger partial charge on any atom is -0.444 e. The van der Waals surface area contributed by atoms with Crippen molar-refractivity contribution >= 4 is 17.9 Å². The second-order valence-corrected chi connectivity index (χ2v) is 6.57. The van der Waals surface area contributed by atoms with Crippen LogP contribution in [0.2, 0.25) is 0 Å². The second kappa shape index (κ2) is 11.7. The predicted molar refractivity (Wildman–Crippen MR) is 92.6 cm³/mol. The van der Waals surface area contributed by atoms with Crippen LogP contribution < -0.4 is 21.3 Å². The van der Waals surface area contributed by atoms with Gasteiger partial charge in [-0.05, 0) is 47.1 Å². The predicted octanol–water partition coefficient (Wildman–Crippen LogP) is 0.522. The van der Waals surface area contributed by atoms with Gasteiger partial charge in [-0.25, -0.2) is 4.79 Å². The molecule has 0 fully saturated rings. The Balaban J connectivity index is 4.08. The van der Waals surface area contributed by atoms with Crippen molar-refractivity contribution in [1.29, 1.82) is 0 Å². The molecular weight excluding hydrogens is 312 g/mol.